The number of rotatable bonds is 5. The maximum Gasteiger partial charge on any atom is 0.160 e. The van der Waals surface area contributed by atoms with Crippen LogP contribution in [0.1, 0.15) is 49.9 Å². The Labute approximate surface area is 356 Å². The van der Waals surface area contributed by atoms with Gasteiger partial charge in [0.05, 0.1) is 11.4 Å². The van der Waals surface area contributed by atoms with Crippen molar-refractivity contribution in [3.05, 3.63) is 204 Å². The lowest BCUT2D eigenvalue weighted by Gasteiger charge is -2.24. The summed E-state index contributed by atoms with van der Waals surface area (Å²) in [4.78, 5) is 10.3. The van der Waals surface area contributed by atoms with E-state index in [-0.39, 0.29) is 10.8 Å². The lowest BCUT2D eigenvalue weighted by atomic mass is 9.79. The van der Waals surface area contributed by atoms with Gasteiger partial charge in [-0.05, 0) is 121 Å². The molecule has 0 amide bonds. The van der Waals surface area contributed by atoms with E-state index in [4.69, 9.17) is 14.4 Å². The lowest BCUT2D eigenvalue weighted by Crippen LogP contribution is -2.17. The highest BCUT2D eigenvalue weighted by atomic mass is 16.3. The molecule has 8 aromatic carbocycles. The minimum absolute atomic E-state index is 0.0311. The van der Waals surface area contributed by atoms with Crippen molar-refractivity contribution < 1.29 is 4.42 Å². The van der Waals surface area contributed by atoms with Crippen molar-refractivity contribution in [1.29, 1.82) is 0 Å². The third-order valence-electron chi connectivity index (χ3n) is 13.5. The molecule has 290 valence electrons. The molecule has 3 nitrogen and oxygen atoms in total. The molecule has 10 aromatic rings. The van der Waals surface area contributed by atoms with Crippen molar-refractivity contribution >= 4 is 21.9 Å². The normalized spacial score (nSPS) is 14.2. The molecule has 0 atom stereocenters. The van der Waals surface area contributed by atoms with Crippen molar-refractivity contribution in [2.75, 3.05) is 0 Å². The number of benzene rings is 8. The second-order valence-electron chi connectivity index (χ2n) is 17.8. The van der Waals surface area contributed by atoms with Crippen LogP contribution in [0, 0.1) is 0 Å². The molecular formula is C58H42N2O. The van der Waals surface area contributed by atoms with Crippen LogP contribution in [0.2, 0.25) is 0 Å². The van der Waals surface area contributed by atoms with E-state index in [0.717, 1.165) is 61.1 Å². The molecule has 2 aromatic heterocycles. The smallest absolute Gasteiger partial charge is 0.160 e. The van der Waals surface area contributed by atoms with E-state index in [1.165, 1.54) is 55.6 Å². The molecule has 0 unspecified atom stereocenters. The maximum absolute atomic E-state index is 6.29. The summed E-state index contributed by atoms with van der Waals surface area (Å²) in [6, 6.07) is 65.6. The summed E-state index contributed by atoms with van der Waals surface area (Å²) in [6.45, 7) is 9.52. The van der Waals surface area contributed by atoms with E-state index in [9.17, 15) is 0 Å². The Hall–Kier alpha value is -7.36. The van der Waals surface area contributed by atoms with Crippen LogP contribution in [0.15, 0.2) is 186 Å². The van der Waals surface area contributed by atoms with Crippen molar-refractivity contribution in [2.24, 2.45) is 0 Å². The van der Waals surface area contributed by atoms with Gasteiger partial charge in [0.2, 0.25) is 0 Å². The van der Waals surface area contributed by atoms with Crippen LogP contribution in [0.3, 0.4) is 0 Å². The molecule has 0 radical (unpaired) electrons. The average molecular weight is 783 g/mol. The summed E-state index contributed by atoms with van der Waals surface area (Å²) >= 11 is 0. The quantitative estimate of drug-likeness (QED) is 0.175. The fraction of sp³-hybridized carbons (Fsp3) is 0.103. The van der Waals surface area contributed by atoms with Gasteiger partial charge in [-0.3, -0.25) is 0 Å². The molecular weight excluding hydrogens is 741 g/mol. The van der Waals surface area contributed by atoms with Crippen molar-refractivity contribution in [1.82, 2.24) is 9.97 Å². The van der Waals surface area contributed by atoms with Gasteiger partial charge in [-0.25, -0.2) is 9.97 Å². The van der Waals surface area contributed by atoms with E-state index < -0.39 is 0 Å². The van der Waals surface area contributed by atoms with Gasteiger partial charge in [-0.15, -0.1) is 0 Å². The number of aromatic nitrogens is 2. The first-order chi connectivity index (χ1) is 29.7. The van der Waals surface area contributed by atoms with Gasteiger partial charge >= 0.3 is 0 Å². The summed E-state index contributed by atoms with van der Waals surface area (Å²) < 4.78 is 6.29. The fourth-order valence-corrected chi connectivity index (χ4v) is 10.2. The monoisotopic (exact) mass is 782 g/mol. The van der Waals surface area contributed by atoms with Crippen LogP contribution in [0.4, 0.5) is 0 Å². The summed E-state index contributed by atoms with van der Waals surface area (Å²) in [6.07, 6.45) is 0. The van der Waals surface area contributed by atoms with E-state index >= 15 is 0 Å². The van der Waals surface area contributed by atoms with Crippen molar-refractivity contribution in [3.8, 4) is 78.4 Å². The van der Waals surface area contributed by atoms with Gasteiger partial charge in [0.15, 0.2) is 5.82 Å². The molecule has 2 aliphatic rings. The van der Waals surface area contributed by atoms with Crippen molar-refractivity contribution in [3.63, 3.8) is 0 Å². The standard InChI is InChI=1S/C58H42N2O/c1-57(2)48-22-10-8-20-42(48)46-32-51-47(33-50(46)57)43-26-24-39(30-49(43)58(51,3)4)37-17-12-16-36(28-37)38-18-13-19-40(29-38)52-34-53(60-56(59-52)35-14-6-5-7-15-35)41-25-27-45-44-21-9-11-23-54(44)61-55(45)31-41/h5-34H,1-4H3. The molecule has 0 fully saturated rings. The summed E-state index contributed by atoms with van der Waals surface area (Å²) in [7, 11) is 0. The number of nitrogens with zero attached hydrogens (tertiary/aromatic N) is 2. The minimum atomic E-state index is -0.129. The number of furan rings is 1. The average Bonchev–Trinajstić information content (AvgIpc) is 3.87. The van der Waals surface area contributed by atoms with E-state index in [2.05, 4.69) is 179 Å². The molecule has 2 heterocycles. The predicted octanol–water partition coefficient (Wildman–Crippen LogP) is 15.3. The number of fused-ring (bicyclic) bond motifs is 9. The third-order valence-corrected chi connectivity index (χ3v) is 13.5. The van der Waals surface area contributed by atoms with Gasteiger partial charge in [-0.1, -0.05) is 155 Å². The maximum atomic E-state index is 6.29. The Bertz CT molecular complexity index is 3420. The zero-order chi connectivity index (χ0) is 41.0. The van der Waals surface area contributed by atoms with Crippen molar-refractivity contribution in [2.45, 2.75) is 38.5 Å². The third kappa shape index (κ3) is 5.50. The minimum Gasteiger partial charge on any atom is -0.456 e. The Morgan fingerprint density at radius 2 is 0.836 bits per heavy atom. The number of hydrogen-bond acceptors (Lipinski definition) is 3. The first-order valence-electron chi connectivity index (χ1n) is 21.2. The molecule has 61 heavy (non-hydrogen) atoms. The van der Waals surface area contributed by atoms with Gasteiger partial charge in [0.25, 0.3) is 0 Å². The number of para-hydroxylation sites is 1. The second-order valence-corrected chi connectivity index (χ2v) is 17.8. The van der Waals surface area contributed by atoms with Gasteiger partial charge in [0.1, 0.15) is 11.2 Å². The zero-order valence-corrected chi connectivity index (χ0v) is 34.6. The van der Waals surface area contributed by atoms with Crippen LogP contribution in [-0.4, -0.2) is 9.97 Å². The Morgan fingerprint density at radius 3 is 1.57 bits per heavy atom. The molecule has 2 aliphatic carbocycles. The predicted molar refractivity (Wildman–Crippen MR) is 252 cm³/mol. The topological polar surface area (TPSA) is 38.9 Å². The fourth-order valence-electron chi connectivity index (χ4n) is 10.2. The Kier molecular flexibility index (Phi) is 7.62. The SMILES string of the molecule is CC1(C)c2ccccc2-c2cc3c(cc21)-c1ccc(-c2cccc(-c4cccc(-c5cc(-c6ccc7c(c6)oc6ccccc67)nc(-c6ccccc6)n5)c4)c2)cc1C3(C)C. The molecule has 0 aliphatic heterocycles. The zero-order valence-electron chi connectivity index (χ0n) is 34.6. The highest BCUT2D eigenvalue weighted by Crippen LogP contribution is 2.56. The Morgan fingerprint density at radius 1 is 0.328 bits per heavy atom. The van der Waals surface area contributed by atoms with Gasteiger partial charge in [0, 0.05) is 38.3 Å². The highest BCUT2D eigenvalue weighted by molar-refractivity contribution is 6.06. The molecule has 3 heteroatoms. The van der Waals surface area contributed by atoms with E-state index in [0.29, 0.717) is 5.82 Å². The van der Waals surface area contributed by atoms with Crippen LogP contribution < -0.4 is 0 Å². The lowest BCUT2D eigenvalue weighted by molar-refractivity contribution is 0.652. The summed E-state index contributed by atoms with van der Waals surface area (Å²) in [5.74, 6) is 0.685. The summed E-state index contributed by atoms with van der Waals surface area (Å²) in [5.41, 5.74) is 22.1. The second kappa shape index (κ2) is 13.1. The van der Waals surface area contributed by atoms with Gasteiger partial charge < -0.3 is 4.42 Å². The van der Waals surface area contributed by atoms with E-state index in [1.807, 2.05) is 30.3 Å². The number of hydrogen-bond donors (Lipinski definition) is 0. The Balaban J connectivity index is 0.908. The highest BCUT2D eigenvalue weighted by Gasteiger charge is 2.41. The largest absolute Gasteiger partial charge is 0.456 e. The molecule has 0 N–H and O–H groups in total. The molecule has 0 bridgehead atoms. The molecule has 0 saturated heterocycles. The van der Waals surface area contributed by atoms with Crippen LogP contribution >= 0.6 is 0 Å². The molecule has 0 saturated carbocycles. The first kappa shape index (κ1) is 35.6. The first-order valence-corrected chi connectivity index (χ1v) is 21.2. The van der Waals surface area contributed by atoms with Crippen LogP contribution in [-0.2, 0) is 10.8 Å². The van der Waals surface area contributed by atoms with Crippen LogP contribution in [0.25, 0.3) is 100 Å². The summed E-state index contributed by atoms with van der Waals surface area (Å²) in [5, 5.41) is 2.21. The molecule has 12 rings (SSSR count). The van der Waals surface area contributed by atoms with E-state index in [1.54, 1.807) is 0 Å². The van der Waals surface area contributed by atoms with Gasteiger partial charge in [-0.2, -0.15) is 0 Å². The van der Waals surface area contributed by atoms with Crippen LogP contribution in [0.5, 0.6) is 0 Å². The molecule has 0 spiro atoms.